The fourth-order valence-corrected chi connectivity index (χ4v) is 1.64. The zero-order valence-corrected chi connectivity index (χ0v) is 7.95. The van der Waals surface area contributed by atoms with E-state index >= 15 is 0 Å². The van der Waals surface area contributed by atoms with Gasteiger partial charge in [0.25, 0.3) is 0 Å². The Bertz CT molecular complexity index is 267. The van der Waals surface area contributed by atoms with Gasteiger partial charge in [0.15, 0.2) is 0 Å². The summed E-state index contributed by atoms with van der Waals surface area (Å²) in [6.45, 7) is 3.31. The van der Waals surface area contributed by atoms with Crippen LogP contribution in [0, 0.1) is 5.41 Å². The third-order valence-electron chi connectivity index (χ3n) is 2.80. The number of aromatic nitrogens is 2. The second-order valence-electron chi connectivity index (χ2n) is 4.09. The number of nitrogens with zero attached hydrogens (tertiary/aromatic N) is 2. The summed E-state index contributed by atoms with van der Waals surface area (Å²) < 4.78 is 0. The van der Waals surface area contributed by atoms with E-state index in [1.165, 1.54) is 19.3 Å². The highest BCUT2D eigenvalue weighted by molar-refractivity contribution is 5.22. The Balaban J connectivity index is 1.86. The maximum absolute atomic E-state index is 4.12. The zero-order valence-electron chi connectivity index (χ0n) is 7.95. The van der Waals surface area contributed by atoms with Crippen LogP contribution in [0.25, 0.3) is 0 Å². The normalized spacial score (nSPS) is 19.2. The van der Waals surface area contributed by atoms with Gasteiger partial charge in [-0.05, 0) is 24.3 Å². The van der Waals surface area contributed by atoms with E-state index in [-0.39, 0.29) is 0 Å². The Morgan fingerprint density at radius 1 is 1.38 bits per heavy atom. The predicted molar refractivity (Wildman–Crippen MR) is 52.5 cm³/mol. The molecule has 0 radical (unpaired) electrons. The quantitative estimate of drug-likeness (QED) is 0.768. The van der Waals surface area contributed by atoms with Gasteiger partial charge in [0.1, 0.15) is 0 Å². The average molecular weight is 177 g/mol. The summed E-state index contributed by atoms with van der Waals surface area (Å²) in [4.78, 5) is 8.24. The molecule has 0 saturated heterocycles. The molecule has 0 aromatic carbocycles. The molecule has 0 unspecified atom stereocenters. The summed E-state index contributed by atoms with van der Waals surface area (Å²) in [5.41, 5.74) is 0.485. The van der Waals surface area contributed by atoms with Crippen molar-refractivity contribution in [1.82, 2.24) is 9.97 Å². The van der Waals surface area contributed by atoms with Gasteiger partial charge in [-0.25, -0.2) is 9.97 Å². The third kappa shape index (κ3) is 1.97. The lowest BCUT2D eigenvalue weighted by Crippen LogP contribution is -2.33. The molecule has 0 bridgehead atoms. The second-order valence-corrected chi connectivity index (χ2v) is 4.09. The minimum atomic E-state index is 0.485. The van der Waals surface area contributed by atoms with Crippen LogP contribution in [0.4, 0.5) is 5.95 Å². The summed E-state index contributed by atoms with van der Waals surface area (Å²) in [5, 5.41) is 3.26. The molecule has 1 aromatic rings. The van der Waals surface area contributed by atoms with Crippen molar-refractivity contribution in [2.45, 2.75) is 26.2 Å². The van der Waals surface area contributed by atoms with E-state index in [1.807, 2.05) is 6.07 Å². The van der Waals surface area contributed by atoms with Gasteiger partial charge < -0.3 is 5.32 Å². The van der Waals surface area contributed by atoms with Gasteiger partial charge in [-0.3, -0.25) is 0 Å². The van der Waals surface area contributed by atoms with Crippen molar-refractivity contribution in [1.29, 1.82) is 0 Å². The van der Waals surface area contributed by atoms with E-state index in [1.54, 1.807) is 12.4 Å². The summed E-state index contributed by atoms with van der Waals surface area (Å²) in [7, 11) is 0. The van der Waals surface area contributed by atoms with Gasteiger partial charge in [0.2, 0.25) is 5.95 Å². The number of hydrogen-bond donors (Lipinski definition) is 1. The monoisotopic (exact) mass is 177 g/mol. The van der Waals surface area contributed by atoms with E-state index in [0.29, 0.717) is 5.41 Å². The molecular weight excluding hydrogens is 162 g/mol. The van der Waals surface area contributed by atoms with E-state index in [2.05, 4.69) is 22.2 Å². The van der Waals surface area contributed by atoms with Crippen molar-refractivity contribution >= 4 is 5.95 Å². The Kier molecular flexibility index (Phi) is 2.17. The first kappa shape index (κ1) is 8.48. The minimum Gasteiger partial charge on any atom is -0.354 e. The van der Waals surface area contributed by atoms with E-state index in [9.17, 15) is 0 Å². The maximum atomic E-state index is 4.12. The van der Waals surface area contributed by atoms with Crippen LogP contribution in [0.3, 0.4) is 0 Å². The standard InChI is InChI=1S/C10H15N3/c1-10(4-2-5-10)8-13-9-11-6-3-7-12-9/h3,6-7H,2,4-5,8H2,1H3,(H,11,12,13). The first-order valence-corrected chi connectivity index (χ1v) is 4.79. The molecule has 1 aliphatic rings. The number of nitrogens with one attached hydrogen (secondary N) is 1. The van der Waals surface area contributed by atoms with E-state index < -0.39 is 0 Å². The SMILES string of the molecule is CC1(CNc2ncccn2)CCC1. The van der Waals surface area contributed by atoms with Crippen LogP contribution in [0.5, 0.6) is 0 Å². The van der Waals surface area contributed by atoms with Gasteiger partial charge in [0, 0.05) is 18.9 Å². The smallest absolute Gasteiger partial charge is 0.222 e. The van der Waals surface area contributed by atoms with Crippen molar-refractivity contribution in [3.8, 4) is 0 Å². The van der Waals surface area contributed by atoms with E-state index in [0.717, 1.165) is 12.5 Å². The van der Waals surface area contributed by atoms with Gasteiger partial charge in [-0.1, -0.05) is 13.3 Å². The lowest BCUT2D eigenvalue weighted by atomic mass is 9.70. The zero-order chi connectivity index (χ0) is 9.15. The number of hydrogen-bond acceptors (Lipinski definition) is 3. The Hall–Kier alpha value is -1.12. The topological polar surface area (TPSA) is 37.8 Å². The molecule has 1 fully saturated rings. The first-order chi connectivity index (χ1) is 6.29. The number of rotatable bonds is 3. The Morgan fingerprint density at radius 3 is 2.62 bits per heavy atom. The summed E-state index contributed by atoms with van der Waals surface area (Å²) in [5.74, 6) is 0.746. The van der Waals surface area contributed by atoms with Crippen molar-refractivity contribution in [3.05, 3.63) is 18.5 Å². The lowest BCUT2D eigenvalue weighted by Gasteiger charge is -2.38. The van der Waals surface area contributed by atoms with Crippen LogP contribution >= 0.6 is 0 Å². The largest absolute Gasteiger partial charge is 0.354 e. The molecule has 1 heterocycles. The minimum absolute atomic E-state index is 0.485. The maximum Gasteiger partial charge on any atom is 0.222 e. The molecule has 1 N–H and O–H groups in total. The molecular formula is C10H15N3. The van der Waals surface area contributed by atoms with E-state index in [4.69, 9.17) is 0 Å². The molecule has 1 aromatic heterocycles. The third-order valence-corrected chi connectivity index (χ3v) is 2.80. The molecule has 1 aliphatic carbocycles. The molecule has 13 heavy (non-hydrogen) atoms. The van der Waals surface area contributed by atoms with Crippen molar-refractivity contribution in [2.24, 2.45) is 5.41 Å². The van der Waals surface area contributed by atoms with Crippen LogP contribution in [0.1, 0.15) is 26.2 Å². The van der Waals surface area contributed by atoms with Crippen LogP contribution < -0.4 is 5.32 Å². The first-order valence-electron chi connectivity index (χ1n) is 4.79. The molecule has 70 valence electrons. The van der Waals surface area contributed by atoms with Crippen LogP contribution in [0.2, 0.25) is 0 Å². The molecule has 2 rings (SSSR count). The molecule has 3 heteroatoms. The van der Waals surface area contributed by atoms with Gasteiger partial charge in [-0.15, -0.1) is 0 Å². The lowest BCUT2D eigenvalue weighted by molar-refractivity contribution is 0.179. The fourth-order valence-electron chi connectivity index (χ4n) is 1.64. The van der Waals surface area contributed by atoms with Crippen LogP contribution in [-0.4, -0.2) is 16.5 Å². The highest BCUT2D eigenvalue weighted by Gasteiger charge is 2.31. The molecule has 0 aliphatic heterocycles. The Labute approximate surface area is 78.6 Å². The van der Waals surface area contributed by atoms with Gasteiger partial charge in [-0.2, -0.15) is 0 Å². The van der Waals surface area contributed by atoms with Gasteiger partial charge in [0.05, 0.1) is 0 Å². The van der Waals surface area contributed by atoms with Crippen molar-refractivity contribution < 1.29 is 0 Å². The van der Waals surface area contributed by atoms with Crippen molar-refractivity contribution in [2.75, 3.05) is 11.9 Å². The highest BCUT2D eigenvalue weighted by Crippen LogP contribution is 2.39. The molecule has 1 saturated carbocycles. The second kappa shape index (κ2) is 3.32. The number of anilines is 1. The summed E-state index contributed by atoms with van der Waals surface area (Å²) in [6, 6.07) is 1.83. The average Bonchev–Trinajstić information content (AvgIpc) is 2.13. The summed E-state index contributed by atoms with van der Waals surface area (Å²) in [6.07, 6.45) is 7.55. The summed E-state index contributed by atoms with van der Waals surface area (Å²) >= 11 is 0. The van der Waals surface area contributed by atoms with Crippen LogP contribution in [-0.2, 0) is 0 Å². The predicted octanol–water partition coefficient (Wildman–Crippen LogP) is 2.08. The Morgan fingerprint density at radius 2 is 2.08 bits per heavy atom. The molecule has 0 amide bonds. The van der Waals surface area contributed by atoms with Crippen molar-refractivity contribution in [3.63, 3.8) is 0 Å². The van der Waals surface area contributed by atoms with Crippen LogP contribution in [0.15, 0.2) is 18.5 Å². The molecule has 3 nitrogen and oxygen atoms in total. The highest BCUT2D eigenvalue weighted by atomic mass is 15.1. The molecule has 0 spiro atoms. The van der Waals surface area contributed by atoms with Gasteiger partial charge >= 0.3 is 0 Å². The fraction of sp³-hybridized carbons (Fsp3) is 0.600. The molecule has 0 atom stereocenters.